The second-order valence-corrected chi connectivity index (χ2v) is 5.95. The van der Waals surface area contributed by atoms with Crippen molar-refractivity contribution in [3.63, 3.8) is 0 Å². The smallest absolute Gasteiger partial charge is 0.234 e. The number of rotatable bonds is 4. The van der Waals surface area contributed by atoms with Gasteiger partial charge in [0, 0.05) is 11.6 Å². The monoisotopic (exact) mass is 282 g/mol. The second kappa shape index (κ2) is 5.23. The molecule has 0 spiro atoms. The lowest BCUT2D eigenvalue weighted by Gasteiger charge is -2.10. The Morgan fingerprint density at radius 2 is 1.94 bits per heavy atom. The zero-order chi connectivity index (χ0) is 12.3. The zero-order valence-electron chi connectivity index (χ0n) is 8.63. The van der Waals surface area contributed by atoms with Gasteiger partial charge in [0.25, 0.3) is 0 Å². The molecule has 0 saturated carbocycles. The van der Waals surface area contributed by atoms with Crippen LogP contribution in [0.4, 0.5) is 5.69 Å². The Morgan fingerprint density at radius 1 is 1.31 bits per heavy atom. The highest BCUT2D eigenvalue weighted by atomic mass is 35.5. The molecule has 1 rings (SSSR count). The van der Waals surface area contributed by atoms with E-state index in [9.17, 15) is 8.42 Å². The van der Waals surface area contributed by atoms with Gasteiger partial charge in [0.1, 0.15) is 0 Å². The predicted molar refractivity (Wildman–Crippen MR) is 67.7 cm³/mol. The molecule has 0 aromatic heterocycles. The number of halogens is 2. The van der Waals surface area contributed by atoms with Crippen LogP contribution in [0, 0.1) is 6.92 Å². The van der Waals surface area contributed by atoms with Crippen LogP contribution in [-0.4, -0.2) is 20.7 Å². The van der Waals surface area contributed by atoms with Crippen molar-refractivity contribution in [3.05, 3.63) is 27.7 Å². The average molecular weight is 283 g/mol. The molecule has 7 heteroatoms. The van der Waals surface area contributed by atoms with Crippen LogP contribution in [0.3, 0.4) is 0 Å². The second-order valence-electron chi connectivity index (χ2n) is 3.29. The lowest BCUT2D eigenvalue weighted by atomic mass is 10.2. The maximum Gasteiger partial charge on any atom is 0.234 e. The normalized spacial score (nSPS) is 11.5. The molecule has 0 atom stereocenters. The van der Waals surface area contributed by atoms with Crippen LogP contribution in [0.15, 0.2) is 12.1 Å². The molecule has 0 bridgehead atoms. The third kappa shape index (κ3) is 3.52. The first-order valence-corrected chi connectivity index (χ1v) is 6.93. The summed E-state index contributed by atoms with van der Waals surface area (Å²) in [5.74, 6) is -0.158. The van der Waals surface area contributed by atoms with Crippen molar-refractivity contribution in [1.82, 2.24) is 0 Å². The fourth-order valence-corrected chi connectivity index (χ4v) is 2.50. The number of hydrogen-bond donors (Lipinski definition) is 2. The van der Waals surface area contributed by atoms with Crippen LogP contribution in [0.5, 0.6) is 0 Å². The molecule has 1 aromatic rings. The average Bonchev–Trinajstić information content (AvgIpc) is 2.13. The summed E-state index contributed by atoms with van der Waals surface area (Å²) in [5.41, 5.74) is 6.24. The number of benzene rings is 1. The van der Waals surface area contributed by atoms with E-state index < -0.39 is 10.0 Å². The minimum absolute atomic E-state index is 0.0482. The molecule has 90 valence electrons. The summed E-state index contributed by atoms with van der Waals surface area (Å²) in [4.78, 5) is 0. The van der Waals surface area contributed by atoms with Crippen molar-refractivity contribution in [1.29, 1.82) is 0 Å². The Labute approximate surface area is 105 Å². The third-order valence-corrected chi connectivity index (χ3v) is 3.92. The van der Waals surface area contributed by atoms with Crippen LogP contribution in [0.1, 0.15) is 5.56 Å². The summed E-state index contributed by atoms with van der Waals surface area (Å²) in [6, 6.07) is 3.08. The van der Waals surface area contributed by atoms with E-state index in [1.807, 2.05) is 0 Å². The van der Waals surface area contributed by atoms with Crippen molar-refractivity contribution in [2.24, 2.45) is 5.73 Å². The number of aryl methyl sites for hydroxylation is 1. The molecule has 4 nitrogen and oxygen atoms in total. The quantitative estimate of drug-likeness (QED) is 0.887. The third-order valence-electron chi connectivity index (χ3n) is 1.90. The van der Waals surface area contributed by atoms with Gasteiger partial charge in [-0.25, -0.2) is 8.42 Å². The van der Waals surface area contributed by atoms with E-state index in [-0.39, 0.29) is 18.0 Å². The van der Waals surface area contributed by atoms with Crippen molar-refractivity contribution < 1.29 is 8.42 Å². The van der Waals surface area contributed by atoms with Crippen molar-refractivity contribution in [3.8, 4) is 0 Å². The van der Waals surface area contributed by atoms with Gasteiger partial charge >= 0.3 is 0 Å². The molecular formula is C9H12Cl2N2O2S. The highest BCUT2D eigenvalue weighted by molar-refractivity contribution is 7.92. The summed E-state index contributed by atoms with van der Waals surface area (Å²) in [6.45, 7) is 1.83. The minimum Gasteiger partial charge on any atom is -0.329 e. The fourth-order valence-electron chi connectivity index (χ4n) is 1.10. The number of nitrogens with two attached hydrogens (primary N) is 1. The van der Waals surface area contributed by atoms with Gasteiger partial charge in [-0.15, -0.1) is 0 Å². The fraction of sp³-hybridized carbons (Fsp3) is 0.333. The molecule has 0 heterocycles. The predicted octanol–water partition coefficient (Wildman–Crippen LogP) is 2.00. The summed E-state index contributed by atoms with van der Waals surface area (Å²) in [7, 11) is -3.45. The molecule has 1 aromatic carbocycles. The molecule has 0 aliphatic heterocycles. The molecule has 0 fully saturated rings. The molecule has 0 aliphatic rings. The molecule has 3 N–H and O–H groups in total. The molecular weight excluding hydrogens is 271 g/mol. The molecule has 0 unspecified atom stereocenters. The number of nitrogens with one attached hydrogen (secondary N) is 1. The minimum atomic E-state index is -3.45. The summed E-state index contributed by atoms with van der Waals surface area (Å²) < 4.78 is 25.2. The molecule has 0 amide bonds. The van der Waals surface area contributed by atoms with Gasteiger partial charge in [-0.1, -0.05) is 23.2 Å². The Hall–Kier alpha value is -0.490. The van der Waals surface area contributed by atoms with Gasteiger partial charge in [0.15, 0.2) is 0 Å². The van der Waals surface area contributed by atoms with Crippen LogP contribution >= 0.6 is 23.2 Å². The van der Waals surface area contributed by atoms with E-state index in [1.54, 1.807) is 13.0 Å². The Morgan fingerprint density at radius 3 is 2.50 bits per heavy atom. The Kier molecular flexibility index (Phi) is 4.43. The van der Waals surface area contributed by atoms with E-state index in [2.05, 4.69) is 4.72 Å². The van der Waals surface area contributed by atoms with Gasteiger partial charge in [-0.05, 0) is 24.6 Å². The van der Waals surface area contributed by atoms with Gasteiger partial charge in [-0.3, -0.25) is 4.72 Å². The largest absolute Gasteiger partial charge is 0.329 e. The maximum atomic E-state index is 11.5. The topological polar surface area (TPSA) is 72.2 Å². The SMILES string of the molecule is Cc1cc(Cl)c(NS(=O)(=O)CCN)cc1Cl. The Bertz CT molecular complexity index is 489. The van der Waals surface area contributed by atoms with E-state index in [0.29, 0.717) is 10.0 Å². The van der Waals surface area contributed by atoms with Crippen LogP contribution in [0.25, 0.3) is 0 Å². The maximum absolute atomic E-state index is 11.5. The van der Waals surface area contributed by atoms with E-state index in [1.165, 1.54) is 6.07 Å². The first-order valence-electron chi connectivity index (χ1n) is 4.52. The highest BCUT2D eigenvalue weighted by Crippen LogP contribution is 2.29. The standard InChI is InChI=1S/C9H12Cl2N2O2S/c1-6-4-8(11)9(5-7(6)10)13-16(14,15)3-2-12/h4-5,13H,2-3,12H2,1H3. The van der Waals surface area contributed by atoms with Gasteiger partial charge in [0.05, 0.1) is 16.5 Å². The summed E-state index contributed by atoms with van der Waals surface area (Å²) >= 11 is 11.8. The van der Waals surface area contributed by atoms with Crippen LogP contribution in [0.2, 0.25) is 10.0 Å². The number of sulfonamides is 1. The Balaban J connectivity index is 3.03. The first-order chi connectivity index (χ1) is 7.35. The lowest BCUT2D eigenvalue weighted by Crippen LogP contribution is -2.22. The molecule has 16 heavy (non-hydrogen) atoms. The number of anilines is 1. The van der Waals surface area contributed by atoms with Gasteiger partial charge < -0.3 is 5.73 Å². The zero-order valence-corrected chi connectivity index (χ0v) is 11.0. The highest BCUT2D eigenvalue weighted by Gasteiger charge is 2.12. The molecule has 0 radical (unpaired) electrons. The van der Waals surface area contributed by atoms with Crippen molar-refractivity contribution in [2.45, 2.75) is 6.92 Å². The summed E-state index contributed by atoms with van der Waals surface area (Å²) in [6.07, 6.45) is 0. The van der Waals surface area contributed by atoms with Crippen molar-refractivity contribution in [2.75, 3.05) is 17.0 Å². The lowest BCUT2D eigenvalue weighted by molar-refractivity contribution is 0.601. The van der Waals surface area contributed by atoms with Gasteiger partial charge in [-0.2, -0.15) is 0 Å². The first kappa shape index (κ1) is 13.6. The van der Waals surface area contributed by atoms with Crippen molar-refractivity contribution >= 4 is 38.9 Å². The van der Waals surface area contributed by atoms with E-state index in [0.717, 1.165) is 5.56 Å². The molecule has 0 aliphatic carbocycles. The van der Waals surface area contributed by atoms with Crippen LogP contribution < -0.4 is 10.5 Å². The van der Waals surface area contributed by atoms with Crippen LogP contribution in [-0.2, 0) is 10.0 Å². The summed E-state index contributed by atoms with van der Waals surface area (Å²) in [5, 5.41) is 0.761. The molecule has 0 saturated heterocycles. The van der Waals surface area contributed by atoms with E-state index >= 15 is 0 Å². The number of hydrogen-bond acceptors (Lipinski definition) is 3. The van der Waals surface area contributed by atoms with E-state index in [4.69, 9.17) is 28.9 Å². The van der Waals surface area contributed by atoms with Gasteiger partial charge in [0.2, 0.25) is 10.0 Å².